The van der Waals surface area contributed by atoms with E-state index in [1.54, 1.807) is 6.07 Å². The Kier molecular flexibility index (Phi) is 2.63. The number of piperidine rings is 1. The van der Waals surface area contributed by atoms with Crippen LogP contribution in [-0.2, 0) is 7.05 Å². The smallest absolute Gasteiger partial charge is 0.123 e. The Morgan fingerprint density at radius 2 is 2.18 bits per heavy atom. The van der Waals surface area contributed by atoms with Crippen LogP contribution in [0.25, 0.3) is 10.9 Å². The van der Waals surface area contributed by atoms with Gasteiger partial charge in [-0.2, -0.15) is 0 Å². The molecule has 1 atom stereocenters. The Hall–Kier alpha value is -1.35. The number of halogens is 1. The fourth-order valence-electron chi connectivity index (χ4n) is 2.78. The van der Waals surface area contributed by atoms with E-state index < -0.39 is 0 Å². The number of benzene rings is 1. The molecule has 1 N–H and O–H groups in total. The van der Waals surface area contributed by atoms with E-state index in [1.807, 2.05) is 6.07 Å². The van der Waals surface area contributed by atoms with Gasteiger partial charge in [0.25, 0.3) is 0 Å². The second-order valence-electron chi connectivity index (χ2n) is 4.83. The van der Waals surface area contributed by atoms with E-state index >= 15 is 0 Å². The van der Waals surface area contributed by atoms with E-state index in [1.165, 1.54) is 31.0 Å². The fourth-order valence-corrected chi connectivity index (χ4v) is 2.78. The van der Waals surface area contributed by atoms with Crippen LogP contribution in [0.3, 0.4) is 0 Å². The Labute approximate surface area is 100 Å². The number of aryl methyl sites for hydroxylation is 1. The van der Waals surface area contributed by atoms with E-state index in [4.69, 9.17) is 0 Å². The molecule has 3 heteroatoms. The summed E-state index contributed by atoms with van der Waals surface area (Å²) in [6.07, 6.45) is 3.70. The largest absolute Gasteiger partial charge is 0.346 e. The Balaban J connectivity index is 2.07. The molecule has 2 heterocycles. The van der Waals surface area contributed by atoms with Crippen molar-refractivity contribution in [3.05, 3.63) is 35.8 Å². The monoisotopic (exact) mass is 232 g/mol. The quantitative estimate of drug-likeness (QED) is 0.799. The van der Waals surface area contributed by atoms with Crippen molar-refractivity contribution in [3.63, 3.8) is 0 Å². The SMILES string of the molecule is Cn1c(C2CCCCN2)cc2cc(F)ccc21. The number of nitrogens with zero attached hydrogens (tertiary/aromatic N) is 1. The Bertz CT molecular complexity index is 538. The van der Waals surface area contributed by atoms with Gasteiger partial charge in [-0.15, -0.1) is 0 Å². The molecule has 1 unspecified atom stereocenters. The molecule has 1 aromatic carbocycles. The zero-order chi connectivity index (χ0) is 11.8. The third-order valence-corrected chi connectivity index (χ3v) is 3.71. The number of aromatic nitrogens is 1. The van der Waals surface area contributed by atoms with Crippen LogP contribution in [0.5, 0.6) is 0 Å². The topological polar surface area (TPSA) is 17.0 Å². The molecule has 2 aromatic rings. The van der Waals surface area contributed by atoms with Crippen molar-refractivity contribution in [1.82, 2.24) is 9.88 Å². The van der Waals surface area contributed by atoms with Crippen LogP contribution in [-0.4, -0.2) is 11.1 Å². The van der Waals surface area contributed by atoms with Gasteiger partial charge in [0, 0.05) is 29.7 Å². The fraction of sp³-hybridized carbons (Fsp3) is 0.429. The van der Waals surface area contributed by atoms with Gasteiger partial charge in [0.2, 0.25) is 0 Å². The van der Waals surface area contributed by atoms with Gasteiger partial charge in [0.1, 0.15) is 5.82 Å². The highest BCUT2D eigenvalue weighted by Gasteiger charge is 2.18. The minimum atomic E-state index is -0.161. The van der Waals surface area contributed by atoms with Gasteiger partial charge in [-0.3, -0.25) is 0 Å². The lowest BCUT2D eigenvalue weighted by Crippen LogP contribution is -2.28. The lowest BCUT2D eigenvalue weighted by molar-refractivity contribution is 0.399. The maximum absolute atomic E-state index is 13.2. The summed E-state index contributed by atoms with van der Waals surface area (Å²) in [5.74, 6) is -0.161. The highest BCUT2D eigenvalue weighted by atomic mass is 19.1. The zero-order valence-corrected chi connectivity index (χ0v) is 10.0. The zero-order valence-electron chi connectivity index (χ0n) is 10.0. The van der Waals surface area contributed by atoms with Crippen molar-refractivity contribution in [2.24, 2.45) is 7.05 Å². The lowest BCUT2D eigenvalue weighted by atomic mass is 10.0. The van der Waals surface area contributed by atoms with Crippen LogP contribution in [0.4, 0.5) is 4.39 Å². The minimum absolute atomic E-state index is 0.161. The van der Waals surface area contributed by atoms with Crippen LogP contribution in [0, 0.1) is 5.82 Å². The molecular formula is C14H17FN2. The van der Waals surface area contributed by atoms with Crippen molar-refractivity contribution < 1.29 is 4.39 Å². The maximum Gasteiger partial charge on any atom is 0.123 e. The van der Waals surface area contributed by atoms with Gasteiger partial charge in [-0.1, -0.05) is 6.42 Å². The summed E-state index contributed by atoms with van der Waals surface area (Å²) in [6.45, 7) is 1.08. The van der Waals surface area contributed by atoms with Crippen molar-refractivity contribution in [3.8, 4) is 0 Å². The van der Waals surface area contributed by atoms with Crippen LogP contribution < -0.4 is 5.32 Å². The maximum atomic E-state index is 13.2. The van der Waals surface area contributed by atoms with E-state index in [9.17, 15) is 4.39 Å². The molecule has 1 saturated heterocycles. The molecule has 0 aliphatic carbocycles. The first kappa shape index (κ1) is 10.8. The summed E-state index contributed by atoms with van der Waals surface area (Å²) in [6, 6.07) is 7.53. The predicted octanol–water partition coefficient (Wildman–Crippen LogP) is 3.13. The number of hydrogen-bond donors (Lipinski definition) is 1. The Morgan fingerprint density at radius 3 is 2.94 bits per heavy atom. The van der Waals surface area contributed by atoms with E-state index in [2.05, 4.69) is 23.0 Å². The first-order valence-corrected chi connectivity index (χ1v) is 6.24. The van der Waals surface area contributed by atoms with Crippen molar-refractivity contribution in [2.45, 2.75) is 25.3 Å². The first-order chi connectivity index (χ1) is 8.25. The van der Waals surface area contributed by atoms with Gasteiger partial charge in [0.05, 0.1) is 0 Å². The standard InChI is InChI=1S/C14H17FN2/c1-17-13-6-5-11(15)8-10(13)9-14(17)12-4-2-3-7-16-12/h5-6,8-9,12,16H,2-4,7H2,1H3. The van der Waals surface area contributed by atoms with Crippen molar-refractivity contribution >= 4 is 10.9 Å². The highest BCUT2D eigenvalue weighted by molar-refractivity contribution is 5.81. The summed E-state index contributed by atoms with van der Waals surface area (Å²) in [7, 11) is 2.06. The average Bonchev–Trinajstić information content (AvgIpc) is 2.67. The second kappa shape index (κ2) is 4.15. The van der Waals surface area contributed by atoms with Crippen LogP contribution in [0.2, 0.25) is 0 Å². The third-order valence-electron chi connectivity index (χ3n) is 3.71. The normalized spacial score (nSPS) is 20.9. The number of rotatable bonds is 1. The van der Waals surface area contributed by atoms with Crippen LogP contribution in [0.1, 0.15) is 31.0 Å². The number of nitrogens with one attached hydrogen (secondary N) is 1. The molecule has 0 spiro atoms. The van der Waals surface area contributed by atoms with Gasteiger partial charge >= 0.3 is 0 Å². The summed E-state index contributed by atoms with van der Waals surface area (Å²) in [5.41, 5.74) is 2.37. The number of hydrogen-bond acceptors (Lipinski definition) is 1. The summed E-state index contributed by atoms with van der Waals surface area (Å²) >= 11 is 0. The molecule has 0 bridgehead atoms. The molecule has 1 aromatic heterocycles. The average molecular weight is 232 g/mol. The van der Waals surface area contributed by atoms with Crippen LogP contribution >= 0.6 is 0 Å². The second-order valence-corrected chi connectivity index (χ2v) is 4.83. The predicted molar refractivity (Wildman–Crippen MR) is 67.5 cm³/mol. The van der Waals surface area contributed by atoms with Gasteiger partial charge in [0.15, 0.2) is 0 Å². The molecule has 0 radical (unpaired) electrons. The number of fused-ring (bicyclic) bond motifs is 1. The Morgan fingerprint density at radius 1 is 1.29 bits per heavy atom. The third kappa shape index (κ3) is 1.84. The van der Waals surface area contributed by atoms with E-state index in [0.29, 0.717) is 6.04 Å². The molecule has 17 heavy (non-hydrogen) atoms. The van der Waals surface area contributed by atoms with Crippen LogP contribution in [0.15, 0.2) is 24.3 Å². The highest BCUT2D eigenvalue weighted by Crippen LogP contribution is 2.28. The summed E-state index contributed by atoms with van der Waals surface area (Å²) < 4.78 is 15.4. The molecule has 1 fully saturated rings. The van der Waals surface area contributed by atoms with Gasteiger partial charge < -0.3 is 9.88 Å². The molecule has 3 rings (SSSR count). The van der Waals surface area contributed by atoms with E-state index in [0.717, 1.165) is 17.4 Å². The molecule has 1 aliphatic rings. The molecule has 0 saturated carbocycles. The van der Waals surface area contributed by atoms with Crippen molar-refractivity contribution in [1.29, 1.82) is 0 Å². The summed E-state index contributed by atoms with van der Waals surface area (Å²) in [5, 5.41) is 4.53. The molecule has 90 valence electrons. The molecule has 0 amide bonds. The van der Waals surface area contributed by atoms with Gasteiger partial charge in [-0.25, -0.2) is 4.39 Å². The van der Waals surface area contributed by atoms with Crippen molar-refractivity contribution in [2.75, 3.05) is 6.54 Å². The van der Waals surface area contributed by atoms with E-state index in [-0.39, 0.29) is 5.82 Å². The first-order valence-electron chi connectivity index (χ1n) is 6.24. The molecule has 1 aliphatic heterocycles. The molecular weight excluding hydrogens is 215 g/mol. The lowest BCUT2D eigenvalue weighted by Gasteiger charge is -2.24. The summed E-state index contributed by atoms with van der Waals surface area (Å²) in [4.78, 5) is 0. The minimum Gasteiger partial charge on any atom is -0.346 e. The van der Waals surface area contributed by atoms with Gasteiger partial charge in [-0.05, 0) is 43.7 Å². The molecule has 2 nitrogen and oxygen atoms in total.